The minimum absolute atomic E-state index is 0.0127. The third kappa shape index (κ3) is 4.96. The SMILES string of the molecule is C/C=C/C=C/C(=O)Nc1cc(C(=O)N2CCCCC2)ccc1Cl. The smallest absolute Gasteiger partial charge is 0.253 e. The maximum Gasteiger partial charge on any atom is 0.253 e. The van der Waals surface area contributed by atoms with E-state index in [2.05, 4.69) is 5.32 Å². The second-order valence-electron chi connectivity index (χ2n) is 5.42. The van der Waals surface area contributed by atoms with E-state index < -0.39 is 0 Å². The van der Waals surface area contributed by atoms with Gasteiger partial charge in [0.05, 0.1) is 10.7 Å². The molecule has 0 saturated carbocycles. The third-order valence-corrected chi connectivity index (χ3v) is 4.00. The van der Waals surface area contributed by atoms with Crippen LogP contribution in [-0.4, -0.2) is 29.8 Å². The topological polar surface area (TPSA) is 49.4 Å². The Labute approximate surface area is 141 Å². The molecule has 1 fully saturated rings. The minimum atomic E-state index is -0.285. The summed E-state index contributed by atoms with van der Waals surface area (Å²) in [5.74, 6) is -0.297. The first-order chi connectivity index (χ1) is 11.1. The number of allylic oxidation sites excluding steroid dienone is 3. The van der Waals surface area contributed by atoms with Crippen LogP contribution in [0.5, 0.6) is 0 Å². The molecule has 0 bridgehead atoms. The molecule has 1 aromatic carbocycles. The second kappa shape index (κ2) is 8.53. The monoisotopic (exact) mass is 332 g/mol. The molecule has 0 atom stereocenters. The predicted octanol–water partition coefficient (Wildman–Crippen LogP) is 4.04. The van der Waals surface area contributed by atoms with Gasteiger partial charge in [-0.05, 0) is 44.4 Å². The molecule has 0 spiro atoms. The predicted molar refractivity (Wildman–Crippen MR) is 93.8 cm³/mol. The van der Waals surface area contributed by atoms with Gasteiger partial charge in [0.15, 0.2) is 0 Å². The number of anilines is 1. The average molecular weight is 333 g/mol. The normalized spacial score (nSPS) is 15.3. The summed E-state index contributed by atoms with van der Waals surface area (Å²) in [6.07, 6.45) is 9.90. The number of likely N-dealkylation sites (tertiary alicyclic amines) is 1. The van der Waals surface area contributed by atoms with Crippen molar-refractivity contribution in [2.75, 3.05) is 18.4 Å². The number of rotatable bonds is 4. The summed E-state index contributed by atoms with van der Waals surface area (Å²) in [4.78, 5) is 26.2. The van der Waals surface area contributed by atoms with Gasteiger partial charge in [-0.25, -0.2) is 0 Å². The molecule has 2 rings (SSSR count). The molecular formula is C18H21ClN2O2. The van der Waals surface area contributed by atoms with Crippen LogP contribution < -0.4 is 5.32 Å². The summed E-state index contributed by atoms with van der Waals surface area (Å²) >= 11 is 6.11. The zero-order valence-corrected chi connectivity index (χ0v) is 14.0. The number of hydrogen-bond donors (Lipinski definition) is 1. The number of nitrogens with zero attached hydrogens (tertiary/aromatic N) is 1. The fourth-order valence-electron chi connectivity index (χ4n) is 2.46. The standard InChI is InChI=1S/C18H21ClN2O2/c1-2-3-5-8-17(22)20-16-13-14(9-10-15(16)19)18(23)21-11-6-4-7-12-21/h2-3,5,8-10,13H,4,6-7,11-12H2,1H3,(H,20,22)/b3-2+,8-5+. The van der Waals surface area contributed by atoms with Crippen molar-refractivity contribution in [1.82, 2.24) is 4.90 Å². The molecule has 0 unspecified atom stereocenters. The van der Waals surface area contributed by atoms with Gasteiger partial charge in [0.25, 0.3) is 5.91 Å². The molecule has 1 aliphatic rings. The highest BCUT2D eigenvalue weighted by molar-refractivity contribution is 6.34. The number of halogens is 1. The fourth-order valence-corrected chi connectivity index (χ4v) is 2.63. The molecule has 2 amide bonds. The molecular weight excluding hydrogens is 312 g/mol. The lowest BCUT2D eigenvalue weighted by Gasteiger charge is -2.27. The van der Waals surface area contributed by atoms with Gasteiger partial charge in [-0.2, -0.15) is 0 Å². The zero-order chi connectivity index (χ0) is 16.7. The Kier molecular flexibility index (Phi) is 6.41. The van der Waals surface area contributed by atoms with E-state index in [1.807, 2.05) is 17.9 Å². The van der Waals surface area contributed by atoms with Gasteiger partial charge in [0.2, 0.25) is 5.91 Å². The van der Waals surface area contributed by atoms with Crippen molar-refractivity contribution in [3.8, 4) is 0 Å². The maximum atomic E-state index is 12.5. The number of nitrogens with one attached hydrogen (secondary N) is 1. The van der Waals surface area contributed by atoms with E-state index in [1.54, 1.807) is 30.4 Å². The van der Waals surface area contributed by atoms with Crippen LogP contribution in [0.2, 0.25) is 5.02 Å². The minimum Gasteiger partial charge on any atom is -0.339 e. The Hall–Kier alpha value is -2.07. The van der Waals surface area contributed by atoms with Crippen molar-refractivity contribution in [3.63, 3.8) is 0 Å². The molecule has 1 heterocycles. The Morgan fingerprint density at radius 3 is 2.61 bits per heavy atom. The van der Waals surface area contributed by atoms with Crippen LogP contribution in [-0.2, 0) is 4.79 Å². The lowest BCUT2D eigenvalue weighted by atomic mass is 10.1. The van der Waals surface area contributed by atoms with E-state index in [1.165, 1.54) is 12.5 Å². The van der Waals surface area contributed by atoms with E-state index in [0.29, 0.717) is 16.3 Å². The van der Waals surface area contributed by atoms with Crippen LogP contribution in [0.1, 0.15) is 36.5 Å². The van der Waals surface area contributed by atoms with Gasteiger partial charge in [-0.3, -0.25) is 9.59 Å². The molecule has 0 radical (unpaired) electrons. The summed E-state index contributed by atoms with van der Waals surface area (Å²) in [7, 11) is 0. The first-order valence-electron chi connectivity index (χ1n) is 7.81. The van der Waals surface area contributed by atoms with Gasteiger partial charge in [0.1, 0.15) is 0 Å². The van der Waals surface area contributed by atoms with Crippen molar-refractivity contribution in [2.24, 2.45) is 0 Å². The molecule has 0 aromatic heterocycles. The Morgan fingerprint density at radius 2 is 1.91 bits per heavy atom. The Bertz CT molecular complexity index is 632. The van der Waals surface area contributed by atoms with Crippen LogP contribution in [0.4, 0.5) is 5.69 Å². The molecule has 122 valence electrons. The van der Waals surface area contributed by atoms with Crippen molar-refractivity contribution in [1.29, 1.82) is 0 Å². The summed E-state index contributed by atoms with van der Waals surface area (Å²) < 4.78 is 0. The highest BCUT2D eigenvalue weighted by Gasteiger charge is 2.19. The summed E-state index contributed by atoms with van der Waals surface area (Å²) in [5.41, 5.74) is 0.994. The number of benzene rings is 1. The number of carbonyl (C=O) groups is 2. The van der Waals surface area contributed by atoms with E-state index in [4.69, 9.17) is 11.6 Å². The first-order valence-corrected chi connectivity index (χ1v) is 8.19. The lowest BCUT2D eigenvalue weighted by molar-refractivity contribution is -0.111. The van der Waals surface area contributed by atoms with E-state index in [0.717, 1.165) is 25.9 Å². The first kappa shape index (κ1) is 17.3. The lowest BCUT2D eigenvalue weighted by Crippen LogP contribution is -2.35. The largest absolute Gasteiger partial charge is 0.339 e. The van der Waals surface area contributed by atoms with Crippen molar-refractivity contribution >= 4 is 29.1 Å². The van der Waals surface area contributed by atoms with Crippen molar-refractivity contribution in [2.45, 2.75) is 26.2 Å². The van der Waals surface area contributed by atoms with E-state index in [-0.39, 0.29) is 11.8 Å². The van der Waals surface area contributed by atoms with Crippen LogP contribution >= 0.6 is 11.6 Å². The molecule has 4 nitrogen and oxygen atoms in total. The maximum absolute atomic E-state index is 12.5. The highest BCUT2D eigenvalue weighted by atomic mass is 35.5. The quantitative estimate of drug-likeness (QED) is 0.668. The summed E-state index contributed by atoms with van der Waals surface area (Å²) in [5, 5.41) is 3.12. The molecule has 23 heavy (non-hydrogen) atoms. The molecule has 1 aliphatic heterocycles. The van der Waals surface area contributed by atoms with E-state index in [9.17, 15) is 9.59 Å². The van der Waals surface area contributed by atoms with Gasteiger partial charge in [-0.1, -0.05) is 29.8 Å². The number of hydrogen-bond acceptors (Lipinski definition) is 2. The van der Waals surface area contributed by atoms with Crippen LogP contribution in [0.25, 0.3) is 0 Å². The van der Waals surface area contributed by atoms with Crippen LogP contribution in [0.3, 0.4) is 0 Å². The van der Waals surface area contributed by atoms with Gasteiger partial charge in [0, 0.05) is 24.7 Å². The van der Waals surface area contributed by atoms with Crippen molar-refractivity contribution in [3.05, 3.63) is 53.1 Å². The number of piperidine rings is 1. The van der Waals surface area contributed by atoms with E-state index >= 15 is 0 Å². The molecule has 0 aliphatic carbocycles. The summed E-state index contributed by atoms with van der Waals surface area (Å²) in [6.45, 7) is 3.44. The average Bonchev–Trinajstić information content (AvgIpc) is 2.57. The molecule has 5 heteroatoms. The van der Waals surface area contributed by atoms with Crippen LogP contribution in [0, 0.1) is 0 Å². The van der Waals surface area contributed by atoms with Gasteiger partial charge >= 0.3 is 0 Å². The second-order valence-corrected chi connectivity index (χ2v) is 5.83. The summed E-state index contributed by atoms with van der Waals surface area (Å²) in [6, 6.07) is 4.98. The third-order valence-electron chi connectivity index (χ3n) is 3.67. The Balaban J connectivity index is 2.11. The molecule has 1 saturated heterocycles. The number of amides is 2. The highest BCUT2D eigenvalue weighted by Crippen LogP contribution is 2.24. The Morgan fingerprint density at radius 1 is 1.17 bits per heavy atom. The van der Waals surface area contributed by atoms with Gasteiger partial charge < -0.3 is 10.2 Å². The molecule has 1 N–H and O–H groups in total. The zero-order valence-electron chi connectivity index (χ0n) is 13.2. The van der Waals surface area contributed by atoms with Gasteiger partial charge in [-0.15, -0.1) is 0 Å². The van der Waals surface area contributed by atoms with Crippen LogP contribution in [0.15, 0.2) is 42.5 Å². The number of carbonyl (C=O) groups excluding carboxylic acids is 2. The fraction of sp³-hybridized carbons (Fsp3) is 0.333. The molecule has 1 aromatic rings. The van der Waals surface area contributed by atoms with Crippen molar-refractivity contribution < 1.29 is 9.59 Å².